The lowest BCUT2D eigenvalue weighted by Crippen LogP contribution is -2.23. The molecule has 2 aromatic carbocycles. The summed E-state index contributed by atoms with van der Waals surface area (Å²) in [5.41, 5.74) is -0.585. The molecule has 0 heterocycles. The molecule has 0 unspecified atom stereocenters. The lowest BCUT2D eigenvalue weighted by molar-refractivity contribution is -0.187. The fourth-order valence-electron chi connectivity index (χ4n) is 1.81. The average Bonchev–Trinajstić information content (AvgIpc) is 2.43. The number of hydrogen-bond acceptors (Lipinski definition) is 1. The zero-order valence-electron chi connectivity index (χ0n) is 11.4. The molecule has 0 aromatic heterocycles. The Kier molecular flexibility index (Phi) is 4.49. The van der Waals surface area contributed by atoms with Gasteiger partial charge in [-0.2, -0.15) is 8.78 Å². The second-order valence-electron chi connectivity index (χ2n) is 4.43. The molecule has 0 radical (unpaired) electrons. The number of benzene rings is 2. The first-order valence-corrected chi connectivity index (χ1v) is 6.28. The lowest BCUT2D eigenvalue weighted by atomic mass is 10.1. The first-order chi connectivity index (χ1) is 10.3. The molecule has 1 nitrogen and oxygen atoms in total. The van der Waals surface area contributed by atoms with Crippen LogP contribution in [0.25, 0.3) is 6.08 Å². The molecule has 0 saturated carbocycles. The Morgan fingerprint density at radius 1 is 0.909 bits per heavy atom. The molecule has 0 amide bonds. The average molecular weight is 314 g/mol. The highest BCUT2D eigenvalue weighted by atomic mass is 19.3. The number of alkyl halides is 2. The standard InChI is InChI=1S/C16H11F5O/c1-2-3-10-4-6-12(14(18)8-10)16(20,21)22-11-5-7-13(17)15(19)9-11/h2-9H,1H3/b3-2+. The zero-order valence-corrected chi connectivity index (χ0v) is 11.4. The minimum absolute atomic E-state index is 0.410. The third-order valence-electron chi connectivity index (χ3n) is 2.80. The molecule has 0 saturated heterocycles. The smallest absolute Gasteiger partial charge is 0.429 e. The summed E-state index contributed by atoms with van der Waals surface area (Å²) in [5.74, 6) is -4.31. The van der Waals surface area contributed by atoms with Gasteiger partial charge >= 0.3 is 6.11 Å². The van der Waals surface area contributed by atoms with Crippen molar-refractivity contribution in [1.82, 2.24) is 0 Å². The van der Waals surface area contributed by atoms with Crippen LogP contribution in [0.15, 0.2) is 42.5 Å². The first kappa shape index (κ1) is 16.0. The van der Waals surface area contributed by atoms with Crippen LogP contribution in [0.5, 0.6) is 5.75 Å². The summed E-state index contributed by atoms with van der Waals surface area (Å²) in [7, 11) is 0. The molecule has 0 bridgehead atoms. The molecule has 116 valence electrons. The SMILES string of the molecule is C/C=C/c1ccc(C(F)(F)Oc2ccc(F)c(F)c2)c(F)c1. The van der Waals surface area contributed by atoms with Crippen LogP contribution in [-0.4, -0.2) is 0 Å². The normalized spacial score (nSPS) is 11.9. The Balaban J connectivity index is 2.31. The predicted octanol–water partition coefficient (Wildman–Crippen LogP) is 5.27. The van der Waals surface area contributed by atoms with Crippen molar-refractivity contribution in [1.29, 1.82) is 0 Å². The van der Waals surface area contributed by atoms with E-state index < -0.39 is 34.9 Å². The molecule has 0 aliphatic heterocycles. The number of ether oxygens (including phenoxy) is 1. The van der Waals surface area contributed by atoms with Crippen molar-refractivity contribution in [2.24, 2.45) is 0 Å². The molecule has 6 heteroatoms. The molecule has 0 spiro atoms. The van der Waals surface area contributed by atoms with Gasteiger partial charge in [0.2, 0.25) is 0 Å². The number of allylic oxidation sites excluding steroid dienone is 1. The van der Waals surface area contributed by atoms with Crippen LogP contribution in [0.3, 0.4) is 0 Å². The molecule has 0 N–H and O–H groups in total. The molecule has 0 aliphatic carbocycles. The van der Waals surface area contributed by atoms with E-state index in [1.165, 1.54) is 6.07 Å². The second kappa shape index (κ2) is 6.17. The van der Waals surface area contributed by atoms with E-state index in [0.717, 1.165) is 18.2 Å². The van der Waals surface area contributed by atoms with Gasteiger partial charge in [0.1, 0.15) is 11.6 Å². The summed E-state index contributed by atoms with van der Waals surface area (Å²) in [6.07, 6.45) is -0.853. The van der Waals surface area contributed by atoms with E-state index in [2.05, 4.69) is 4.74 Å². The summed E-state index contributed by atoms with van der Waals surface area (Å²) < 4.78 is 71.7. The monoisotopic (exact) mass is 314 g/mol. The zero-order chi connectivity index (χ0) is 16.3. The maximum Gasteiger partial charge on any atom is 0.429 e. The maximum atomic E-state index is 14.0. The van der Waals surface area contributed by atoms with Crippen molar-refractivity contribution >= 4 is 6.08 Å². The van der Waals surface area contributed by atoms with Gasteiger partial charge in [0.25, 0.3) is 0 Å². The highest BCUT2D eigenvalue weighted by Crippen LogP contribution is 2.34. The Hall–Kier alpha value is -2.37. The molecule has 22 heavy (non-hydrogen) atoms. The van der Waals surface area contributed by atoms with Gasteiger partial charge in [0.15, 0.2) is 11.6 Å². The molecule has 0 fully saturated rings. The molecule has 2 rings (SSSR count). The highest BCUT2D eigenvalue weighted by molar-refractivity contribution is 5.50. The van der Waals surface area contributed by atoms with Crippen LogP contribution < -0.4 is 4.74 Å². The summed E-state index contributed by atoms with van der Waals surface area (Å²) in [6.45, 7) is 1.70. The maximum absolute atomic E-state index is 14.0. The molecular weight excluding hydrogens is 303 g/mol. The fourth-order valence-corrected chi connectivity index (χ4v) is 1.81. The van der Waals surface area contributed by atoms with Gasteiger partial charge < -0.3 is 4.74 Å². The largest absolute Gasteiger partial charge is 0.429 e. The minimum Gasteiger partial charge on any atom is -0.429 e. The topological polar surface area (TPSA) is 9.23 Å². The Labute approximate surface area is 123 Å². The van der Waals surface area contributed by atoms with Crippen LogP contribution in [0.2, 0.25) is 0 Å². The number of rotatable bonds is 4. The Bertz CT molecular complexity index is 710. The van der Waals surface area contributed by atoms with Crippen LogP contribution in [0, 0.1) is 17.5 Å². The van der Waals surface area contributed by atoms with Crippen molar-refractivity contribution < 1.29 is 26.7 Å². The van der Waals surface area contributed by atoms with Crippen molar-refractivity contribution in [3.8, 4) is 5.75 Å². The molecule has 2 aromatic rings. The van der Waals surface area contributed by atoms with E-state index in [1.807, 2.05) is 0 Å². The number of halogens is 5. The highest BCUT2D eigenvalue weighted by Gasteiger charge is 2.37. The van der Waals surface area contributed by atoms with E-state index in [0.29, 0.717) is 17.7 Å². The van der Waals surface area contributed by atoms with Crippen molar-refractivity contribution in [3.63, 3.8) is 0 Å². The van der Waals surface area contributed by atoms with Crippen molar-refractivity contribution in [3.05, 3.63) is 71.1 Å². The lowest BCUT2D eigenvalue weighted by Gasteiger charge is -2.19. The Morgan fingerprint density at radius 3 is 2.23 bits per heavy atom. The van der Waals surface area contributed by atoms with E-state index in [1.54, 1.807) is 19.1 Å². The summed E-state index contributed by atoms with van der Waals surface area (Å²) in [6, 6.07) is 5.04. The fraction of sp³-hybridized carbons (Fsp3) is 0.125. The summed E-state index contributed by atoms with van der Waals surface area (Å²) in [4.78, 5) is 0. The van der Waals surface area contributed by atoms with Gasteiger partial charge in [-0.1, -0.05) is 18.2 Å². The summed E-state index contributed by atoms with van der Waals surface area (Å²) in [5, 5.41) is 0. The van der Waals surface area contributed by atoms with Crippen LogP contribution in [0.4, 0.5) is 22.0 Å². The molecular formula is C16H11F5O. The molecule has 0 aliphatic rings. The van der Waals surface area contributed by atoms with E-state index in [4.69, 9.17) is 0 Å². The van der Waals surface area contributed by atoms with Gasteiger partial charge in [0, 0.05) is 6.07 Å². The number of hydrogen-bond donors (Lipinski definition) is 0. The first-order valence-electron chi connectivity index (χ1n) is 6.28. The van der Waals surface area contributed by atoms with Crippen LogP contribution in [0.1, 0.15) is 18.1 Å². The van der Waals surface area contributed by atoms with E-state index >= 15 is 0 Å². The van der Waals surface area contributed by atoms with Gasteiger partial charge in [-0.3, -0.25) is 0 Å². The summed E-state index contributed by atoms with van der Waals surface area (Å²) >= 11 is 0. The Morgan fingerprint density at radius 2 is 1.64 bits per heavy atom. The third-order valence-corrected chi connectivity index (χ3v) is 2.80. The molecule has 0 atom stereocenters. The van der Waals surface area contributed by atoms with Gasteiger partial charge in [-0.25, -0.2) is 13.2 Å². The van der Waals surface area contributed by atoms with Gasteiger partial charge in [0.05, 0.1) is 5.56 Å². The second-order valence-corrected chi connectivity index (χ2v) is 4.43. The van der Waals surface area contributed by atoms with E-state index in [9.17, 15) is 22.0 Å². The van der Waals surface area contributed by atoms with Crippen molar-refractivity contribution in [2.75, 3.05) is 0 Å². The van der Waals surface area contributed by atoms with E-state index in [-0.39, 0.29) is 0 Å². The quantitative estimate of drug-likeness (QED) is 0.699. The third kappa shape index (κ3) is 3.44. The van der Waals surface area contributed by atoms with Gasteiger partial charge in [-0.15, -0.1) is 0 Å². The van der Waals surface area contributed by atoms with Crippen LogP contribution in [-0.2, 0) is 6.11 Å². The van der Waals surface area contributed by atoms with Crippen LogP contribution >= 0.6 is 0 Å². The predicted molar refractivity (Wildman–Crippen MR) is 72.0 cm³/mol. The minimum atomic E-state index is -4.02. The van der Waals surface area contributed by atoms with Crippen molar-refractivity contribution in [2.45, 2.75) is 13.0 Å². The van der Waals surface area contributed by atoms with Gasteiger partial charge in [-0.05, 0) is 36.8 Å².